The zero-order chi connectivity index (χ0) is 31.3. The van der Waals surface area contributed by atoms with Crippen LogP contribution >= 0.6 is 0 Å². The van der Waals surface area contributed by atoms with Gasteiger partial charge in [-0.2, -0.15) is 0 Å². The first kappa shape index (κ1) is 26.2. The third-order valence-electron chi connectivity index (χ3n) is 10.1. The lowest BCUT2D eigenvalue weighted by Gasteiger charge is -2.21. The van der Waals surface area contributed by atoms with Crippen LogP contribution in [0.15, 0.2) is 146 Å². The van der Waals surface area contributed by atoms with Gasteiger partial charge >= 0.3 is 0 Å². The first-order valence-corrected chi connectivity index (χ1v) is 16.2. The molecule has 0 saturated carbocycles. The van der Waals surface area contributed by atoms with Crippen molar-refractivity contribution < 1.29 is 0 Å². The fourth-order valence-corrected chi connectivity index (χ4v) is 7.94. The molecule has 0 spiro atoms. The molecule has 0 radical (unpaired) electrons. The molecule has 0 N–H and O–H groups in total. The highest BCUT2D eigenvalue weighted by atomic mass is 15.2. The van der Waals surface area contributed by atoms with E-state index in [4.69, 9.17) is 9.97 Å². The summed E-state index contributed by atoms with van der Waals surface area (Å²) in [6.45, 7) is 4.58. The van der Waals surface area contributed by atoms with Crippen LogP contribution in [0.4, 0.5) is 0 Å². The molecule has 222 valence electrons. The van der Waals surface area contributed by atoms with Crippen LogP contribution < -0.4 is 0 Å². The van der Waals surface area contributed by atoms with E-state index >= 15 is 0 Å². The van der Waals surface area contributed by atoms with Crippen molar-refractivity contribution in [3.8, 4) is 34.0 Å². The van der Waals surface area contributed by atoms with Crippen molar-refractivity contribution in [3.05, 3.63) is 157 Å². The van der Waals surface area contributed by atoms with Gasteiger partial charge in [-0.15, -0.1) is 0 Å². The number of para-hydroxylation sites is 3. The van der Waals surface area contributed by atoms with Crippen molar-refractivity contribution in [2.45, 2.75) is 19.3 Å². The number of benzene rings is 6. The Morgan fingerprint density at radius 3 is 1.74 bits per heavy atom. The lowest BCUT2D eigenvalue weighted by atomic mass is 9.85. The third-order valence-corrected chi connectivity index (χ3v) is 10.1. The maximum absolute atomic E-state index is 5.49. The molecule has 6 aromatic carbocycles. The number of hydrogen-bond donors (Lipinski definition) is 0. The van der Waals surface area contributed by atoms with Gasteiger partial charge in [-0.25, -0.2) is 9.97 Å². The van der Waals surface area contributed by atoms with Gasteiger partial charge < -0.3 is 4.57 Å². The molecular weight excluding hydrogens is 573 g/mol. The number of fused-ring (bicyclic) bond motifs is 9. The van der Waals surface area contributed by atoms with Crippen molar-refractivity contribution in [2.75, 3.05) is 0 Å². The number of aromatic nitrogens is 4. The summed E-state index contributed by atoms with van der Waals surface area (Å²) in [6, 6.07) is 52.0. The minimum absolute atomic E-state index is 0.276. The second kappa shape index (κ2) is 9.51. The predicted octanol–water partition coefficient (Wildman–Crippen LogP) is 10.6. The van der Waals surface area contributed by atoms with E-state index in [-0.39, 0.29) is 5.41 Å². The highest BCUT2D eigenvalue weighted by molar-refractivity contribution is 6.19. The molecule has 3 aromatic heterocycles. The van der Waals surface area contributed by atoms with Gasteiger partial charge in [0.05, 0.1) is 33.5 Å². The van der Waals surface area contributed by atoms with Crippen LogP contribution in [0.2, 0.25) is 0 Å². The molecule has 0 amide bonds. The summed E-state index contributed by atoms with van der Waals surface area (Å²) in [5.41, 5.74) is 12.2. The van der Waals surface area contributed by atoms with E-state index in [9.17, 15) is 0 Å². The standard InChI is InChI=1S/C43H30N4/c1-43(2)34-22-12-9-21-31(34)39-40(27-15-5-3-6-16-27)44-42(45-41(39)43)47-36-24-14-11-20-30(36)33-25-37-32(26-38(33)47)29-19-10-13-23-35(29)46(37)28-17-7-4-8-18-28/h3-26H,1-2H3. The summed E-state index contributed by atoms with van der Waals surface area (Å²) in [4.78, 5) is 11.0. The first-order chi connectivity index (χ1) is 23.1. The van der Waals surface area contributed by atoms with Crippen LogP contribution in [-0.2, 0) is 5.41 Å². The summed E-state index contributed by atoms with van der Waals surface area (Å²) in [7, 11) is 0. The molecule has 1 aliphatic carbocycles. The maximum atomic E-state index is 5.49. The fourth-order valence-electron chi connectivity index (χ4n) is 7.94. The topological polar surface area (TPSA) is 35.6 Å². The average Bonchev–Trinajstić information content (AvgIpc) is 3.71. The third kappa shape index (κ3) is 3.58. The summed E-state index contributed by atoms with van der Waals surface area (Å²) in [5, 5.41) is 4.79. The minimum atomic E-state index is -0.276. The fraction of sp³-hybridized carbons (Fsp3) is 0.0698. The number of hydrogen-bond acceptors (Lipinski definition) is 2. The van der Waals surface area contributed by atoms with E-state index in [1.54, 1.807) is 0 Å². The van der Waals surface area contributed by atoms with Crippen molar-refractivity contribution >= 4 is 43.6 Å². The van der Waals surface area contributed by atoms with Gasteiger partial charge in [-0.1, -0.05) is 123 Å². The SMILES string of the molecule is CC1(C)c2ccccc2-c2c(-c3ccccc3)nc(-n3c4ccccc4c4cc5c(cc43)c3ccccc3n5-c3ccccc3)nc21. The molecule has 9 aromatic rings. The number of nitrogens with zero attached hydrogens (tertiary/aromatic N) is 4. The zero-order valence-corrected chi connectivity index (χ0v) is 26.1. The van der Waals surface area contributed by atoms with E-state index in [2.05, 4.69) is 169 Å². The highest BCUT2D eigenvalue weighted by Crippen LogP contribution is 2.51. The molecule has 0 atom stereocenters. The summed E-state index contributed by atoms with van der Waals surface area (Å²) in [6.07, 6.45) is 0. The first-order valence-electron chi connectivity index (χ1n) is 16.2. The van der Waals surface area contributed by atoms with Crippen LogP contribution in [0.3, 0.4) is 0 Å². The van der Waals surface area contributed by atoms with Crippen LogP contribution in [0.1, 0.15) is 25.1 Å². The average molecular weight is 603 g/mol. The lowest BCUT2D eigenvalue weighted by Crippen LogP contribution is -2.18. The summed E-state index contributed by atoms with van der Waals surface area (Å²) < 4.78 is 4.67. The van der Waals surface area contributed by atoms with E-state index in [1.165, 1.54) is 43.7 Å². The van der Waals surface area contributed by atoms with Crippen molar-refractivity contribution in [1.29, 1.82) is 0 Å². The molecule has 0 saturated heterocycles. The molecule has 47 heavy (non-hydrogen) atoms. The summed E-state index contributed by atoms with van der Waals surface area (Å²) in [5.74, 6) is 0.695. The van der Waals surface area contributed by atoms with Gasteiger partial charge in [-0.05, 0) is 47.5 Å². The normalized spacial score (nSPS) is 13.5. The molecule has 1 aliphatic rings. The molecule has 4 nitrogen and oxygen atoms in total. The quantitative estimate of drug-likeness (QED) is 0.202. The monoisotopic (exact) mass is 602 g/mol. The maximum Gasteiger partial charge on any atom is 0.235 e. The molecule has 0 unspecified atom stereocenters. The van der Waals surface area contributed by atoms with Crippen LogP contribution in [0, 0.1) is 0 Å². The second-order valence-corrected chi connectivity index (χ2v) is 13.1. The Hall–Kier alpha value is -6.00. The molecule has 10 rings (SSSR count). The van der Waals surface area contributed by atoms with Gasteiger partial charge in [0.15, 0.2) is 0 Å². The molecule has 0 fully saturated rings. The zero-order valence-electron chi connectivity index (χ0n) is 26.1. The van der Waals surface area contributed by atoms with Gasteiger partial charge in [-0.3, -0.25) is 4.57 Å². The second-order valence-electron chi connectivity index (χ2n) is 13.1. The predicted molar refractivity (Wildman–Crippen MR) is 194 cm³/mol. The summed E-state index contributed by atoms with van der Waals surface area (Å²) >= 11 is 0. The Labute approximate surface area is 272 Å². The van der Waals surface area contributed by atoms with Crippen molar-refractivity contribution in [3.63, 3.8) is 0 Å². The van der Waals surface area contributed by atoms with Gasteiger partial charge in [0, 0.05) is 43.8 Å². The molecule has 3 heterocycles. The minimum Gasteiger partial charge on any atom is -0.309 e. The Morgan fingerprint density at radius 2 is 1.04 bits per heavy atom. The van der Waals surface area contributed by atoms with Crippen LogP contribution in [0.25, 0.3) is 77.6 Å². The molecule has 0 aliphatic heterocycles. The molecule has 0 bridgehead atoms. The Balaban J connectivity index is 1.34. The van der Waals surface area contributed by atoms with Crippen molar-refractivity contribution in [1.82, 2.24) is 19.1 Å². The van der Waals surface area contributed by atoms with Crippen molar-refractivity contribution in [2.24, 2.45) is 0 Å². The Kier molecular flexibility index (Phi) is 5.31. The Morgan fingerprint density at radius 1 is 0.489 bits per heavy atom. The van der Waals surface area contributed by atoms with Gasteiger partial charge in [0.1, 0.15) is 0 Å². The van der Waals surface area contributed by atoms with E-state index in [0.717, 1.165) is 39.2 Å². The van der Waals surface area contributed by atoms with Crippen LogP contribution in [-0.4, -0.2) is 19.1 Å². The van der Waals surface area contributed by atoms with E-state index in [1.807, 2.05) is 0 Å². The largest absolute Gasteiger partial charge is 0.309 e. The van der Waals surface area contributed by atoms with E-state index < -0.39 is 0 Å². The Bertz CT molecular complexity index is 2700. The highest BCUT2D eigenvalue weighted by Gasteiger charge is 2.40. The van der Waals surface area contributed by atoms with E-state index in [0.29, 0.717) is 5.95 Å². The van der Waals surface area contributed by atoms with Gasteiger partial charge in [0.2, 0.25) is 5.95 Å². The smallest absolute Gasteiger partial charge is 0.235 e. The molecule has 4 heteroatoms. The lowest BCUT2D eigenvalue weighted by molar-refractivity contribution is 0.632. The molecular formula is C43H30N4. The van der Waals surface area contributed by atoms with Crippen LogP contribution in [0.5, 0.6) is 0 Å². The van der Waals surface area contributed by atoms with Gasteiger partial charge in [0.25, 0.3) is 0 Å². The number of rotatable bonds is 3.